The van der Waals surface area contributed by atoms with Crippen molar-refractivity contribution < 1.29 is 14.3 Å². The van der Waals surface area contributed by atoms with Gasteiger partial charge in [-0.25, -0.2) is 0 Å². The van der Waals surface area contributed by atoms with Crippen LogP contribution >= 0.6 is 0 Å². The zero-order valence-electron chi connectivity index (χ0n) is 14.4. The normalized spacial score (nSPS) is 14.7. The molecule has 1 aliphatic heterocycles. The molecule has 1 aromatic carbocycles. The molecular weight excluding hydrogens is 306 g/mol. The van der Waals surface area contributed by atoms with E-state index in [1.54, 1.807) is 16.8 Å². The Balaban J connectivity index is 1.58. The summed E-state index contributed by atoms with van der Waals surface area (Å²) in [6.07, 6.45) is 1.86. The van der Waals surface area contributed by atoms with Crippen molar-refractivity contribution in [1.29, 1.82) is 0 Å². The SMILES string of the molecule is CN(CC(=O)NCCCc1ccccc1)CC(=O)N1CCOCC1. The van der Waals surface area contributed by atoms with Gasteiger partial charge in [0, 0.05) is 19.6 Å². The van der Waals surface area contributed by atoms with Gasteiger partial charge in [-0.05, 0) is 25.5 Å². The summed E-state index contributed by atoms with van der Waals surface area (Å²) in [4.78, 5) is 27.6. The third-order valence-electron chi connectivity index (χ3n) is 3.99. The minimum absolute atomic E-state index is 0.0414. The van der Waals surface area contributed by atoms with Gasteiger partial charge in [0.15, 0.2) is 0 Å². The molecule has 0 aliphatic carbocycles. The van der Waals surface area contributed by atoms with Crippen LogP contribution in [0.4, 0.5) is 0 Å². The van der Waals surface area contributed by atoms with Gasteiger partial charge in [0.05, 0.1) is 26.3 Å². The zero-order chi connectivity index (χ0) is 17.2. The van der Waals surface area contributed by atoms with Crippen molar-refractivity contribution in [1.82, 2.24) is 15.1 Å². The van der Waals surface area contributed by atoms with Crippen molar-refractivity contribution in [2.24, 2.45) is 0 Å². The van der Waals surface area contributed by atoms with E-state index < -0.39 is 0 Å². The Hall–Kier alpha value is -1.92. The number of carbonyl (C=O) groups is 2. The molecule has 1 aliphatic rings. The molecule has 0 atom stereocenters. The Kier molecular flexibility index (Phi) is 7.71. The van der Waals surface area contributed by atoms with Gasteiger partial charge < -0.3 is 15.0 Å². The highest BCUT2D eigenvalue weighted by atomic mass is 16.5. The third-order valence-corrected chi connectivity index (χ3v) is 3.99. The maximum atomic E-state index is 12.1. The van der Waals surface area contributed by atoms with E-state index in [0.717, 1.165) is 12.8 Å². The maximum Gasteiger partial charge on any atom is 0.236 e. The molecule has 6 nitrogen and oxygen atoms in total. The Morgan fingerprint density at radius 1 is 1.17 bits per heavy atom. The van der Waals surface area contributed by atoms with Crippen LogP contribution in [0.25, 0.3) is 0 Å². The van der Waals surface area contributed by atoms with Crippen LogP contribution in [-0.4, -0.2) is 74.6 Å². The number of likely N-dealkylation sites (N-methyl/N-ethyl adjacent to an activating group) is 1. The molecule has 1 fully saturated rings. The lowest BCUT2D eigenvalue weighted by atomic mass is 10.1. The molecule has 0 spiro atoms. The van der Waals surface area contributed by atoms with E-state index in [1.807, 2.05) is 18.2 Å². The maximum absolute atomic E-state index is 12.1. The molecule has 132 valence electrons. The summed E-state index contributed by atoms with van der Waals surface area (Å²) in [5.74, 6) is 0.0121. The highest BCUT2D eigenvalue weighted by Gasteiger charge is 2.18. The summed E-state index contributed by atoms with van der Waals surface area (Å²) in [6, 6.07) is 10.2. The second kappa shape index (κ2) is 10.1. The van der Waals surface area contributed by atoms with Gasteiger partial charge in [-0.3, -0.25) is 14.5 Å². The Morgan fingerprint density at radius 2 is 1.88 bits per heavy atom. The van der Waals surface area contributed by atoms with Gasteiger partial charge >= 0.3 is 0 Å². The average molecular weight is 333 g/mol. The van der Waals surface area contributed by atoms with Crippen molar-refractivity contribution in [2.45, 2.75) is 12.8 Å². The van der Waals surface area contributed by atoms with Gasteiger partial charge in [-0.15, -0.1) is 0 Å². The predicted octanol–water partition coefficient (Wildman–Crippen LogP) is 0.526. The van der Waals surface area contributed by atoms with E-state index in [1.165, 1.54) is 5.56 Å². The number of rotatable bonds is 8. The van der Waals surface area contributed by atoms with Crippen molar-refractivity contribution >= 4 is 11.8 Å². The van der Waals surface area contributed by atoms with E-state index in [-0.39, 0.29) is 24.9 Å². The fourth-order valence-electron chi connectivity index (χ4n) is 2.67. The molecule has 1 aromatic rings. The van der Waals surface area contributed by atoms with Gasteiger partial charge in [0.25, 0.3) is 0 Å². The van der Waals surface area contributed by atoms with Crippen LogP contribution in [0, 0.1) is 0 Å². The fourth-order valence-corrected chi connectivity index (χ4v) is 2.67. The van der Waals surface area contributed by atoms with Gasteiger partial charge in [-0.1, -0.05) is 30.3 Å². The monoisotopic (exact) mass is 333 g/mol. The highest BCUT2D eigenvalue weighted by Crippen LogP contribution is 2.01. The highest BCUT2D eigenvalue weighted by molar-refractivity contribution is 5.81. The average Bonchev–Trinajstić information content (AvgIpc) is 2.60. The summed E-state index contributed by atoms with van der Waals surface area (Å²) < 4.78 is 5.23. The van der Waals surface area contributed by atoms with E-state index in [9.17, 15) is 9.59 Å². The first kappa shape index (κ1) is 18.4. The van der Waals surface area contributed by atoms with Crippen LogP contribution in [0.5, 0.6) is 0 Å². The number of amides is 2. The van der Waals surface area contributed by atoms with Crippen LogP contribution in [-0.2, 0) is 20.7 Å². The Labute approximate surface area is 143 Å². The predicted molar refractivity (Wildman–Crippen MR) is 92.7 cm³/mol. The molecule has 0 unspecified atom stereocenters. The quantitative estimate of drug-likeness (QED) is 0.705. The number of benzene rings is 1. The molecule has 1 heterocycles. The Bertz CT molecular complexity index is 516. The molecule has 2 amide bonds. The molecule has 24 heavy (non-hydrogen) atoms. The molecule has 0 saturated carbocycles. The molecule has 0 aromatic heterocycles. The van der Waals surface area contributed by atoms with E-state index in [4.69, 9.17) is 4.74 Å². The topological polar surface area (TPSA) is 61.9 Å². The molecule has 0 bridgehead atoms. The number of nitrogens with one attached hydrogen (secondary N) is 1. The van der Waals surface area contributed by atoms with Crippen LogP contribution < -0.4 is 5.32 Å². The lowest BCUT2D eigenvalue weighted by Gasteiger charge is -2.28. The minimum atomic E-state index is -0.0414. The second-order valence-corrected chi connectivity index (χ2v) is 6.10. The number of carbonyl (C=O) groups excluding carboxylic acids is 2. The summed E-state index contributed by atoms with van der Waals surface area (Å²) in [5, 5.41) is 2.91. The number of aryl methyl sites for hydroxylation is 1. The second-order valence-electron chi connectivity index (χ2n) is 6.10. The lowest BCUT2D eigenvalue weighted by molar-refractivity contribution is -0.136. The van der Waals surface area contributed by atoms with E-state index in [2.05, 4.69) is 17.4 Å². The molecule has 1 N–H and O–H groups in total. The number of hydrogen-bond donors (Lipinski definition) is 1. The van der Waals surface area contributed by atoms with Crippen molar-refractivity contribution in [3.63, 3.8) is 0 Å². The first-order valence-electron chi connectivity index (χ1n) is 8.50. The summed E-state index contributed by atoms with van der Waals surface area (Å²) in [5.41, 5.74) is 1.28. The van der Waals surface area contributed by atoms with Gasteiger partial charge in [0.2, 0.25) is 11.8 Å². The smallest absolute Gasteiger partial charge is 0.236 e. The number of nitrogens with zero attached hydrogens (tertiary/aromatic N) is 2. The fraction of sp³-hybridized carbons (Fsp3) is 0.556. The van der Waals surface area contributed by atoms with Gasteiger partial charge in [-0.2, -0.15) is 0 Å². The zero-order valence-corrected chi connectivity index (χ0v) is 14.4. The van der Waals surface area contributed by atoms with E-state index >= 15 is 0 Å². The Morgan fingerprint density at radius 3 is 2.58 bits per heavy atom. The largest absolute Gasteiger partial charge is 0.378 e. The summed E-state index contributed by atoms with van der Waals surface area (Å²) >= 11 is 0. The van der Waals surface area contributed by atoms with Crippen LogP contribution in [0.3, 0.4) is 0 Å². The van der Waals surface area contributed by atoms with Crippen LogP contribution in [0.15, 0.2) is 30.3 Å². The number of ether oxygens (including phenoxy) is 1. The molecule has 2 rings (SSSR count). The number of morpholine rings is 1. The molecule has 1 saturated heterocycles. The standard InChI is InChI=1S/C18H27N3O3/c1-20(15-18(23)21-10-12-24-13-11-21)14-17(22)19-9-5-8-16-6-3-2-4-7-16/h2-4,6-7H,5,8-15H2,1H3,(H,19,22). The lowest BCUT2D eigenvalue weighted by Crippen LogP contribution is -2.46. The van der Waals surface area contributed by atoms with Crippen LogP contribution in [0.2, 0.25) is 0 Å². The van der Waals surface area contributed by atoms with Crippen molar-refractivity contribution in [3.05, 3.63) is 35.9 Å². The molecule has 0 radical (unpaired) electrons. The summed E-state index contributed by atoms with van der Waals surface area (Å²) in [7, 11) is 1.79. The van der Waals surface area contributed by atoms with Crippen LogP contribution in [0.1, 0.15) is 12.0 Å². The first-order chi connectivity index (χ1) is 11.6. The van der Waals surface area contributed by atoms with Gasteiger partial charge in [0.1, 0.15) is 0 Å². The first-order valence-corrected chi connectivity index (χ1v) is 8.50. The summed E-state index contributed by atoms with van der Waals surface area (Å²) in [6.45, 7) is 3.61. The minimum Gasteiger partial charge on any atom is -0.378 e. The number of hydrogen-bond acceptors (Lipinski definition) is 4. The molecular formula is C18H27N3O3. The van der Waals surface area contributed by atoms with Crippen molar-refractivity contribution in [2.75, 3.05) is 53.0 Å². The van der Waals surface area contributed by atoms with Crippen molar-refractivity contribution in [3.8, 4) is 0 Å². The third kappa shape index (κ3) is 6.68. The molecule has 6 heteroatoms. The van der Waals surface area contributed by atoms with E-state index in [0.29, 0.717) is 32.8 Å².